The van der Waals surface area contributed by atoms with Crippen LogP contribution >= 0.6 is 11.3 Å². The molecule has 3 heterocycles. The molecule has 35 heavy (non-hydrogen) atoms. The molecule has 2 aromatic heterocycles. The van der Waals surface area contributed by atoms with E-state index in [0.29, 0.717) is 12.8 Å². The fourth-order valence-electron chi connectivity index (χ4n) is 4.11. The Hall–Kier alpha value is -2.50. The largest absolute Gasteiger partial charge is 0.575 e. The number of aromatic nitrogens is 2. The lowest BCUT2D eigenvalue weighted by Crippen LogP contribution is -2.52. The number of pyridine rings is 1. The summed E-state index contributed by atoms with van der Waals surface area (Å²) in [5, 5.41) is 6.49. The molecule has 3 fully saturated rings. The topological polar surface area (TPSA) is 101 Å². The third-order valence-electron chi connectivity index (χ3n) is 5.96. The summed E-state index contributed by atoms with van der Waals surface area (Å²) >= 11 is 1.64. The summed E-state index contributed by atoms with van der Waals surface area (Å²) in [6, 6.07) is 6.37. The highest BCUT2D eigenvalue weighted by atomic mass is 32.1. The van der Waals surface area contributed by atoms with Crippen molar-refractivity contribution in [2.24, 2.45) is 5.92 Å². The Morgan fingerprint density at radius 1 is 1.29 bits per heavy atom. The number of carbonyl (C=O) groups excluding carboxylic acids is 1. The molecular weight excluding hydrogens is 481 g/mol. The highest BCUT2D eigenvalue weighted by Crippen LogP contribution is 2.58. The number of nitrogens with zero attached hydrogens (tertiary/aromatic N) is 2. The Bertz CT molecular complexity index is 1050. The zero-order valence-corrected chi connectivity index (χ0v) is 21.0. The van der Waals surface area contributed by atoms with Gasteiger partial charge in [-0.05, 0) is 49.3 Å². The van der Waals surface area contributed by atoms with Gasteiger partial charge in [0.2, 0.25) is 0 Å². The van der Waals surface area contributed by atoms with Crippen LogP contribution in [0.1, 0.15) is 52.1 Å². The second kappa shape index (κ2) is 11.5. The van der Waals surface area contributed by atoms with Crippen LogP contribution in [-0.2, 0) is 19.7 Å². The molecule has 0 amide bonds. The predicted molar refractivity (Wildman–Crippen MR) is 127 cm³/mol. The zero-order valence-electron chi connectivity index (χ0n) is 20.2. The number of hydrogen-bond donors (Lipinski definition) is 2. The minimum Gasteiger partial charge on any atom is -0.381 e. The van der Waals surface area contributed by atoms with Gasteiger partial charge in [0.05, 0.1) is 18.0 Å². The zero-order chi connectivity index (χ0) is 25.6. The highest BCUT2D eigenvalue weighted by molar-refractivity contribution is 7.14. The first-order valence-electron chi connectivity index (χ1n) is 11.7. The Labute approximate surface area is 206 Å². The third-order valence-corrected chi connectivity index (χ3v) is 6.72. The van der Waals surface area contributed by atoms with Gasteiger partial charge < -0.3 is 20.5 Å². The van der Waals surface area contributed by atoms with Crippen LogP contribution in [0.3, 0.4) is 0 Å². The highest BCUT2D eigenvalue weighted by Gasteiger charge is 2.57. The van der Waals surface area contributed by atoms with Crippen molar-refractivity contribution in [1.29, 1.82) is 0 Å². The Morgan fingerprint density at radius 3 is 2.60 bits per heavy atom. The van der Waals surface area contributed by atoms with E-state index in [0.717, 1.165) is 42.7 Å². The number of hydrogen-bond acceptors (Lipinski definition) is 7. The summed E-state index contributed by atoms with van der Waals surface area (Å²) in [7, 11) is 0. The van der Waals surface area contributed by atoms with Crippen molar-refractivity contribution in [3.05, 3.63) is 40.5 Å². The van der Waals surface area contributed by atoms with Crippen molar-refractivity contribution in [1.82, 2.24) is 9.97 Å². The number of allylic oxidation sites excluding steroid dienone is 1. The Kier molecular flexibility index (Phi) is 8.89. The van der Waals surface area contributed by atoms with Gasteiger partial charge in [0.1, 0.15) is 12.2 Å². The van der Waals surface area contributed by atoms with Gasteiger partial charge in [-0.15, -0.1) is 24.5 Å². The van der Waals surface area contributed by atoms with E-state index in [4.69, 9.17) is 14.7 Å². The number of rotatable bonds is 5. The monoisotopic (exact) mass is 513 g/mol. The van der Waals surface area contributed by atoms with Crippen LogP contribution in [0.15, 0.2) is 34.8 Å². The van der Waals surface area contributed by atoms with Crippen LogP contribution in [-0.4, -0.2) is 42.1 Å². The normalized spacial score (nSPS) is 21.9. The van der Waals surface area contributed by atoms with Crippen LogP contribution < -0.4 is 11.1 Å². The van der Waals surface area contributed by atoms with E-state index in [2.05, 4.69) is 39.4 Å². The molecule has 3 aliphatic rings. The maximum atomic E-state index is 10.9. The second-order valence-electron chi connectivity index (χ2n) is 8.32. The lowest BCUT2D eigenvalue weighted by Gasteiger charge is -2.22. The molecule has 0 spiro atoms. The average Bonchev–Trinajstić information content (AvgIpc) is 3.74. The van der Waals surface area contributed by atoms with Crippen molar-refractivity contribution in [2.45, 2.75) is 58.2 Å². The van der Waals surface area contributed by atoms with Gasteiger partial charge in [-0.3, -0.25) is 9.78 Å². The molecule has 1 saturated heterocycles. The molecule has 7 nitrogen and oxygen atoms in total. The number of nitrogens with one attached hydrogen (secondary N) is 1. The fraction of sp³-hybridized carbons (Fsp3) is 0.542. The molecule has 2 aliphatic carbocycles. The molecule has 192 valence electrons. The van der Waals surface area contributed by atoms with Gasteiger partial charge >= 0.3 is 12.3 Å². The summed E-state index contributed by atoms with van der Waals surface area (Å²) < 4.78 is 41.0. The molecule has 2 atom stereocenters. The average molecular weight is 514 g/mol. The summed E-state index contributed by atoms with van der Waals surface area (Å²) in [6.45, 7) is 7.23. The standard InChI is InChI=1S/C19H22N4OS.C3H3F3O2.C2H6/c20-9-15(12-4-5-12)22-18-23-16(11-25-18)14-2-1-3-17(21-14)19-6-7-24-10-13(19)8-19;1-2(7)8-3(4,5)6;1-2/h1-3,11,13H,4-10,20H2,(H,22,23);1H3;1-2H3/p+1. The summed E-state index contributed by atoms with van der Waals surface area (Å²) in [4.78, 5) is 19.3. The SMILES string of the molecule is CC.CC(=O)OC(F)(F)F.[NH3+]CC(Nc1nc(-c2cccc(C34CCOCC3C4)n2)cs1)=C1CC1. The smallest absolute Gasteiger partial charge is 0.381 e. The second-order valence-corrected chi connectivity index (χ2v) is 9.18. The molecular formula is C24H32F3N4O3S+. The van der Waals surface area contributed by atoms with E-state index in [1.165, 1.54) is 36.2 Å². The number of carbonyl (C=O) groups is 1. The minimum atomic E-state index is -4.83. The quantitative estimate of drug-likeness (QED) is 0.563. The molecule has 5 rings (SSSR count). The minimum absolute atomic E-state index is 0.267. The van der Waals surface area contributed by atoms with Crippen molar-refractivity contribution >= 4 is 22.4 Å². The van der Waals surface area contributed by atoms with E-state index in [9.17, 15) is 18.0 Å². The molecule has 2 aromatic rings. The summed E-state index contributed by atoms with van der Waals surface area (Å²) in [5.74, 6) is -0.695. The van der Waals surface area contributed by atoms with Crippen molar-refractivity contribution < 1.29 is 33.2 Å². The van der Waals surface area contributed by atoms with Crippen LogP contribution in [0.4, 0.5) is 18.3 Å². The lowest BCUT2D eigenvalue weighted by molar-refractivity contribution is -0.355. The number of halogens is 3. The first-order valence-corrected chi connectivity index (χ1v) is 12.6. The van der Waals surface area contributed by atoms with E-state index in [1.807, 2.05) is 13.8 Å². The van der Waals surface area contributed by atoms with Crippen molar-refractivity contribution in [3.63, 3.8) is 0 Å². The van der Waals surface area contributed by atoms with E-state index < -0.39 is 12.3 Å². The first-order chi connectivity index (χ1) is 16.7. The molecule has 2 unspecified atom stereocenters. The van der Waals surface area contributed by atoms with Gasteiger partial charge in [-0.25, -0.2) is 4.98 Å². The van der Waals surface area contributed by atoms with E-state index >= 15 is 0 Å². The van der Waals surface area contributed by atoms with E-state index in [1.54, 1.807) is 11.3 Å². The fourth-order valence-corrected chi connectivity index (χ4v) is 4.84. The van der Waals surface area contributed by atoms with Crippen molar-refractivity contribution in [2.75, 3.05) is 25.1 Å². The Balaban J connectivity index is 0.000000295. The van der Waals surface area contributed by atoms with E-state index in [-0.39, 0.29) is 5.41 Å². The predicted octanol–water partition coefficient (Wildman–Crippen LogP) is 4.68. The number of ether oxygens (including phenoxy) is 2. The van der Waals surface area contributed by atoms with Gasteiger partial charge in [0, 0.05) is 30.0 Å². The van der Waals surface area contributed by atoms with Crippen molar-refractivity contribution in [3.8, 4) is 11.4 Å². The number of fused-ring (bicyclic) bond motifs is 1. The first kappa shape index (κ1) is 27.1. The molecule has 2 saturated carbocycles. The number of alkyl halides is 3. The number of quaternary nitrogens is 1. The maximum Gasteiger partial charge on any atom is 0.575 e. The van der Waals surface area contributed by atoms with Gasteiger partial charge in [0.15, 0.2) is 5.13 Å². The van der Waals surface area contributed by atoms with Gasteiger partial charge in [-0.2, -0.15) is 0 Å². The maximum absolute atomic E-state index is 10.9. The molecule has 0 radical (unpaired) electrons. The number of anilines is 1. The molecule has 4 N–H and O–H groups in total. The number of esters is 1. The van der Waals surface area contributed by atoms with Crippen LogP contribution in [0.2, 0.25) is 0 Å². The van der Waals surface area contributed by atoms with Crippen LogP contribution in [0.5, 0.6) is 0 Å². The van der Waals surface area contributed by atoms with Crippen LogP contribution in [0, 0.1) is 5.92 Å². The van der Waals surface area contributed by atoms with Crippen LogP contribution in [0.25, 0.3) is 11.4 Å². The van der Waals surface area contributed by atoms with Gasteiger partial charge in [-0.1, -0.05) is 19.9 Å². The number of thiazole rings is 1. The summed E-state index contributed by atoms with van der Waals surface area (Å²) in [6.07, 6.45) is -0.114. The Morgan fingerprint density at radius 2 is 2.03 bits per heavy atom. The molecule has 11 heteroatoms. The molecule has 1 aliphatic heterocycles. The molecule has 0 aromatic carbocycles. The molecule has 0 bridgehead atoms. The van der Waals surface area contributed by atoms with Gasteiger partial charge in [0.25, 0.3) is 0 Å². The summed E-state index contributed by atoms with van der Waals surface area (Å²) in [5.41, 5.74) is 10.2. The third kappa shape index (κ3) is 7.25. The lowest BCUT2D eigenvalue weighted by atomic mass is 9.93.